The van der Waals surface area contributed by atoms with Crippen molar-refractivity contribution in [3.8, 4) is 17.4 Å². The second-order valence-corrected chi connectivity index (χ2v) is 9.85. The normalized spacial score (nSPS) is 18.4. The number of carbonyl (C=O) groups excluding carboxylic acids is 1. The van der Waals surface area contributed by atoms with Gasteiger partial charge in [0.1, 0.15) is 17.6 Å². The van der Waals surface area contributed by atoms with E-state index in [1.807, 2.05) is 48.5 Å². The molecule has 2 aliphatic rings. The van der Waals surface area contributed by atoms with Crippen molar-refractivity contribution in [1.82, 2.24) is 9.55 Å². The van der Waals surface area contributed by atoms with Crippen LogP contribution in [0.15, 0.2) is 66.2 Å². The first-order valence-corrected chi connectivity index (χ1v) is 11.6. The topological polar surface area (TPSA) is 86.4 Å². The highest BCUT2D eigenvalue weighted by atomic mass is 16.5. The molecule has 2 heterocycles. The van der Waals surface area contributed by atoms with Crippen molar-refractivity contribution in [2.24, 2.45) is 5.41 Å². The monoisotopic (exact) mass is 471 g/mol. The number of aromatic nitrogens is 2. The van der Waals surface area contributed by atoms with Gasteiger partial charge in [-0.3, -0.25) is 10.2 Å². The number of Topliss-reactive ketones (excluding diaryl/α,β-unsaturated/α-hetero) is 1. The van der Waals surface area contributed by atoms with Crippen molar-refractivity contribution in [2.45, 2.75) is 39.2 Å². The summed E-state index contributed by atoms with van der Waals surface area (Å²) in [5.41, 5.74) is 3.15. The minimum Gasteiger partial charge on any atom is -0.493 e. The highest BCUT2D eigenvalue weighted by Gasteiger charge is 2.43. The molecule has 1 N–H and O–H groups in total. The average Bonchev–Trinajstić information content (AvgIpc) is 2.84. The molecular formula is C28H29N3O4. The molecule has 7 heteroatoms. The molecule has 0 saturated carbocycles. The van der Waals surface area contributed by atoms with Gasteiger partial charge in [-0.05, 0) is 28.7 Å². The van der Waals surface area contributed by atoms with E-state index in [4.69, 9.17) is 19.6 Å². The highest BCUT2D eigenvalue weighted by Crippen LogP contribution is 2.49. The van der Waals surface area contributed by atoms with E-state index < -0.39 is 5.92 Å². The summed E-state index contributed by atoms with van der Waals surface area (Å²) in [6, 6.07) is 15.6. The van der Waals surface area contributed by atoms with Crippen LogP contribution in [0, 0.1) is 10.8 Å². The van der Waals surface area contributed by atoms with Crippen LogP contribution in [0.4, 0.5) is 0 Å². The van der Waals surface area contributed by atoms with E-state index in [0.717, 1.165) is 11.1 Å². The van der Waals surface area contributed by atoms with Crippen LogP contribution < -0.4 is 19.7 Å². The molecule has 0 fully saturated rings. The molecule has 0 saturated heterocycles. The Bertz CT molecular complexity index is 1390. The number of carbonyl (C=O) groups is 1. The lowest BCUT2D eigenvalue weighted by molar-refractivity contribution is -0.118. The molecule has 0 amide bonds. The summed E-state index contributed by atoms with van der Waals surface area (Å²) in [5.74, 6) is 1.75. The smallest absolute Gasteiger partial charge is 0.228 e. The molecule has 0 bridgehead atoms. The minimum atomic E-state index is -0.486. The number of allylic oxidation sites excluding steroid dienone is 2. The summed E-state index contributed by atoms with van der Waals surface area (Å²) in [6.07, 6.45) is 2.69. The van der Waals surface area contributed by atoms with Crippen LogP contribution >= 0.6 is 0 Å². The summed E-state index contributed by atoms with van der Waals surface area (Å²) in [4.78, 5) is 18.1. The Morgan fingerprint density at radius 1 is 1.09 bits per heavy atom. The lowest BCUT2D eigenvalue weighted by Crippen LogP contribution is -2.37. The van der Waals surface area contributed by atoms with Crippen LogP contribution in [0.5, 0.6) is 17.4 Å². The number of ether oxygens (including phenoxy) is 3. The molecule has 1 aliphatic heterocycles. The molecule has 1 aliphatic carbocycles. The summed E-state index contributed by atoms with van der Waals surface area (Å²) in [7, 11) is 3.18. The van der Waals surface area contributed by atoms with E-state index in [1.165, 1.54) is 0 Å². The first-order chi connectivity index (χ1) is 16.8. The van der Waals surface area contributed by atoms with Gasteiger partial charge in [-0.25, -0.2) is 4.98 Å². The molecule has 7 nitrogen and oxygen atoms in total. The first-order valence-electron chi connectivity index (χ1n) is 11.6. The molecule has 1 unspecified atom stereocenters. The van der Waals surface area contributed by atoms with Crippen LogP contribution in [0.2, 0.25) is 0 Å². The number of nitrogens with one attached hydrogen (secondary N) is 1. The quantitative estimate of drug-likeness (QED) is 0.588. The van der Waals surface area contributed by atoms with Crippen molar-refractivity contribution in [3.05, 3.63) is 88.4 Å². The summed E-state index contributed by atoms with van der Waals surface area (Å²) in [5, 5.41) is 9.13. The van der Waals surface area contributed by atoms with Gasteiger partial charge in [0.2, 0.25) is 5.88 Å². The Labute approximate surface area is 204 Å². The van der Waals surface area contributed by atoms with Crippen molar-refractivity contribution >= 4 is 5.78 Å². The number of fused-ring (bicyclic) bond motifs is 1. The predicted molar refractivity (Wildman–Crippen MR) is 131 cm³/mol. The first kappa shape index (κ1) is 22.9. The summed E-state index contributed by atoms with van der Waals surface area (Å²) < 4.78 is 19.0. The van der Waals surface area contributed by atoms with Gasteiger partial charge in [0.25, 0.3) is 0 Å². The van der Waals surface area contributed by atoms with E-state index in [-0.39, 0.29) is 16.7 Å². The fraction of sp³-hybridized carbons (Fsp3) is 0.321. The van der Waals surface area contributed by atoms with Crippen molar-refractivity contribution in [2.75, 3.05) is 14.2 Å². The molecule has 3 aromatic rings. The van der Waals surface area contributed by atoms with Crippen LogP contribution in [-0.4, -0.2) is 29.6 Å². The Hall–Kier alpha value is -3.87. The van der Waals surface area contributed by atoms with E-state index >= 15 is 0 Å². The van der Waals surface area contributed by atoms with Crippen LogP contribution in [0.1, 0.15) is 49.3 Å². The number of ketones is 1. The van der Waals surface area contributed by atoms with Gasteiger partial charge >= 0.3 is 0 Å². The Kier molecular flexibility index (Phi) is 5.71. The lowest BCUT2D eigenvalue weighted by Gasteiger charge is -2.38. The van der Waals surface area contributed by atoms with Crippen LogP contribution in [0.3, 0.4) is 0 Å². The third kappa shape index (κ3) is 4.11. The van der Waals surface area contributed by atoms with E-state index in [0.29, 0.717) is 53.7 Å². The van der Waals surface area contributed by atoms with Gasteiger partial charge in [-0.15, -0.1) is 0 Å². The number of methoxy groups -OCH3 is 2. The maximum atomic E-state index is 13.5. The molecular weight excluding hydrogens is 442 g/mol. The van der Waals surface area contributed by atoms with E-state index in [2.05, 4.69) is 18.8 Å². The summed E-state index contributed by atoms with van der Waals surface area (Å²) in [6.45, 7) is 4.63. The molecule has 1 atom stereocenters. The molecule has 5 rings (SSSR count). The Morgan fingerprint density at radius 3 is 2.54 bits per heavy atom. The molecule has 35 heavy (non-hydrogen) atoms. The SMILES string of the molecule is COc1ccc(C2C3=C(CC(C)(C)CC3=O)Oc3ncn(Cc4ccccc4)c(=N)c32)cc1OC. The number of nitrogens with zero attached hydrogens (tertiary/aromatic N) is 2. The number of rotatable bonds is 5. The summed E-state index contributed by atoms with van der Waals surface area (Å²) >= 11 is 0. The fourth-order valence-electron chi connectivity index (χ4n) is 5.06. The van der Waals surface area contributed by atoms with Gasteiger partial charge in [-0.1, -0.05) is 50.2 Å². The van der Waals surface area contributed by atoms with Crippen LogP contribution in [-0.2, 0) is 11.3 Å². The zero-order valence-corrected chi connectivity index (χ0v) is 20.4. The number of hydrogen-bond acceptors (Lipinski definition) is 6. The van der Waals surface area contributed by atoms with Crippen molar-refractivity contribution < 1.29 is 19.0 Å². The van der Waals surface area contributed by atoms with Crippen LogP contribution in [0.25, 0.3) is 0 Å². The lowest BCUT2D eigenvalue weighted by atomic mass is 9.70. The predicted octanol–water partition coefficient (Wildman–Crippen LogP) is 4.60. The molecule has 0 radical (unpaired) electrons. The number of benzene rings is 2. The highest BCUT2D eigenvalue weighted by molar-refractivity contribution is 6.00. The van der Waals surface area contributed by atoms with Gasteiger partial charge in [0.05, 0.1) is 32.2 Å². The third-order valence-corrected chi connectivity index (χ3v) is 6.70. The van der Waals surface area contributed by atoms with Crippen molar-refractivity contribution in [3.63, 3.8) is 0 Å². The van der Waals surface area contributed by atoms with Crippen molar-refractivity contribution in [1.29, 1.82) is 5.41 Å². The largest absolute Gasteiger partial charge is 0.493 e. The van der Waals surface area contributed by atoms with E-state index in [1.54, 1.807) is 25.1 Å². The number of hydrogen-bond donors (Lipinski definition) is 1. The Morgan fingerprint density at radius 2 is 1.83 bits per heavy atom. The molecule has 0 spiro atoms. The Balaban J connectivity index is 1.71. The van der Waals surface area contributed by atoms with Gasteiger partial charge in [-0.2, -0.15) is 0 Å². The van der Waals surface area contributed by atoms with Gasteiger partial charge in [0.15, 0.2) is 17.3 Å². The third-order valence-electron chi connectivity index (χ3n) is 6.70. The minimum absolute atomic E-state index is 0.0412. The molecule has 2 aromatic carbocycles. The van der Waals surface area contributed by atoms with Gasteiger partial charge in [0, 0.05) is 18.4 Å². The zero-order chi connectivity index (χ0) is 24.7. The second-order valence-electron chi connectivity index (χ2n) is 9.85. The zero-order valence-electron chi connectivity index (χ0n) is 20.4. The average molecular weight is 472 g/mol. The fourth-order valence-corrected chi connectivity index (χ4v) is 5.06. The second kappa shape index (κ2) is 8.73. The molecule has 1 aromatic heterocycles. The maximum absolute atomic E-state index is 13.5. The molecule has 180 valence electrons. The van der Waals surface area contributed by atoms with Gasteiger partial charge < -0.3 is 18.8 Å². The maximum Gasteiger partial charge on any atom is 0.228 e. The van der Waals surface area contributed by atoms with E-state index in [9.17, 15) is 4.79 Å². The standard InChI is InChI=1S/C28H29N3O4/c1-28(2)13-19(32)24-22(14-28)35-27-25(23(24)18-10-11-20(33-3)21(12-18)34-4)26(29)31(16-30-27)15-17-8-6-5-7-9-17/h5-12,16,23,29H,13-15H2,1-4H3.